The van der Waals surface area contributed by atoms with Gasteiger partial charge in [-0.25, -0.2) is 0 Å². The van der Waals surface area contributed by atoms with Crippen molar-refractivity contribution in [2.75, 3.05) is 32.7 Å². The Morgan fingerprint density at radius 2 is 1.62 bits per heavy atom. The molecule has 0 saturated carbocycles. The molecule has 2 aliphatic heterocycles. The van der Waals surface area contributed by atoms with E-state index in [0.29, 0.717) is 49.7 Å². The quantitative estimate of drug-likeness (QED) is 0.808. The number of rotatable bonds is 3. The van der Waals surface area contributed by atoms with Crippen molar-refractivity contribution in [2.45, 2.75) is 26.3 Å². The first-order valence-corrected chi connectivity index (χ1v) is 9.37. The minimum atomic E-state index is -0.261. The standard InChI is InChI=1S/C19H24ClN3O3/c1-13(2)23-12-15(11-17(23)24)19(26)22-9-7-21(8-10-22)18(25)14-3-5-16(20)6-4-14/h3-6,13,15H,7-12H2,1-2H3. The first kappa shape index (κ1) is 18.7. The van der Waals surface area contributed by atoms with E-state index in [1.807, 2.05) is 13.8 Å². The van der Waals surface area contributed by atoms with Crippen molar-refractivity contribution in [1.29, 1.82) is 0 Å². The number of nitrogens with zero attached hydrogens (tertiary/aromatic N) is 3. The summed E-state index contributed by atoms with van der Waals surface area (Å²) in [4.78, 5) is 42.6. The highest BCUT2D eigenvalue weighted by Gasteiger charge is 2.38. The van der Waals surface area contributed by atoms with E-state index in [0.717, 1.165) is 0 Å². The van der Waals surface area contributed by atoms with E-state index in [4.69, 9.17) is 11.6 Å². The fraction of sp³-hybridized carbons (Fsp3) is 0.526. The lowest BCUT2D eigenvalue weighted by molar-refractivity contribution is -0.137. The largest absolute Gasteiger partial charge is 0.339 e. The van der Waals surface area contributed by atoms with Crippen molar-refractivity contribution in [3.05, 3.63) is 34.9 Å². The van der Waals surface area contributed by atoms with Gasteiger partial charge in [-0.05, 0) is 38.1 Å². The van der Waals surface area contributed by atoms with Crippen LogP contribution in [-0.2, 0) is 9.59 Å². The van der Waals surface area contributed by atoms with E-state index < -0.39 is 0 Å². The van der Waals surface area contributed by atoms with Crippen LogP contribution in [0.15, 0.2) is 24.3 Å². The molecular weight excluding hydrogens is 354 g/mol. The summed E-state index contributed by atoms with van der Waals surface area (Å²) in [6.07, 6.45) is 0.293. The normalized spacial score (nSPS) is 20.8. The second kappa shape index (κ2) is 7.66. The number of carbonyl (C=O) groups excluding carboxylic acids is 3. The number of piperazine rings is 1. The van der Waals surface area contributed by atoms with Crippen LogP contribution in [0.3, 0.4) is 0 Å². The molecule has 2 heterocycles. The predicted molar refractivity (Wildman–Crippen MR) is 98.9 cm³/mol. The minimum absolute atomic E-state index is 0.0279. The molecule has 2 saturated heterocycles. The molecule has 2 fully saturated rings. The van der Waals surface area contributed by atoms with Gasteiger partial charge in [0.15, 0.2) is 0 Å². The smallest absolute Gasteiger partial charge is 0.253 e. The van der Waals surface area contributed by atoms with Gasteiger partial charge in [-0.1, -0.05) is 11.6 Å². The highest BCUT2D eigenvalue weighted by atomic mass is 35.5. The molecular formula is C19H24ClN3O3. The molecule has 140 valence electrons. The number of benzene rings is 1. The molecule has 0 bridgehead atoms. The lowest BCUT2D eigenvalue weighted by Gasteiger charge is -2.36. The molecule has 0 N–H and O–H groups in total. The molecule has 6 nitrogen and oxygen atoms in total. The third-order valence-electron chi connectivity index (χ3n) is 5.10. The molecule has 1 atom stereocenters. The fourth-order valence-electron chi connectivity index (χ4n) is 3.56. The number of likely N-dealkylation sites (tertiary alicyclic amines) is 1. The SMILES string of the molecule is CC(C)N1CC(C(=O)N2CCN(C(=O)c3ccc(Cl)cc3)CC2)CC1=O. The summed E-state index contributed by atoms with van der Waals surface area (Å²) in [5.74, 6) is -0.228. The number of hydrogen-bond acceptors (Lipinski definition) is 3. The van der Waals surface area contributed by atoms with E-state index in [1.165, 1.54) is 0 Å². The maximum Gasteiger partial charge on any atom is 0.253 e. The maximum absolute atomic E-state index is 12.7. The molecule has 0 aliphatic carbocycles. The van der Waals surface area contributed by atoms with E-state index >= 15 is 0 Å². The molecule has 26 heavy (non-hydrogen) atoms. The minimum Gasteiger partial charge on any atom is -0.339 e. The van der Waals surface area contributed by atoms with Crippen LogP contribution in [0.4, 0.5) is 0 Å². The summed E-state index contributed by atoms with van der Waals surface area (Å²) < 4.78 is 0. The van der Waals surface area contributed by atoms with E-state index in [9.17, 15) is 14.4 Å². The molecule has 1 unspecified atom stereocenters. The predicted octanol–water partition coefficient (Wildman–Crippen LogP) is 1.88. The number of carbonyl (C=O) groups is 3. The Labute approximate surface area is 158 Å². The van der Waals surface area contributed by atoms with Crippen LogP contribution in [0.1, 0.15) is 30.6 Å². The van der Waals surface area contributed by atoms with Gasteiger partial charge in [0, 0.05) is 55.8 Å². The van der Waals surface area contributed by atoms with Crippen LogP contribution in [-0.4, -0.2) is 71.2 Å². The Morgan fingerprint density at radius 3 is 2.15 bits per heavy atom. The first-order chi connectivity index (χ1) is 12.4. The Morgan fingerprint density at radius 1 is 1.04 bits per heavy atom. The lowest BCUT2D eigenvalue weighted by atomic mass is 10.1. The van der Waals surface area contributed by atoms with Crippen LogP contribution < -0.4 is 0 Å². The number of amides is 3. The zero-order chi connectivity index (χ0) is 18.8. The molecule has 3 rings (SSSR count). The van der Waals surface area contributed by atoms with Crippen molar-refractivity contribution in [2.24, 2.45) is 5.92 Å². The van der Waals surface area contributed by atoms with Gasteiger partial charge in [0.1, 0.15) is 0 Å². The average Bonchev–Trinajstić information content (AvgIpc) is 3.03. The summed E-state index contributed by atoms with van der Waals surface area (Å²) in [7, 11) is 0. The number of halogens is 1. The van der Waals surface area contributed by atoms with Crippen LogP contribution in [0.2, 0.25) is 5.02 Å². The fourth-order valence-corrected chi connectivity index (χ4v) is 3.69. The third kappa shape index (κ3) is 3.85. The third-order valence-corrected chi connectivity index (χ3v) is 5.35. The Bertz CT molecular complexity index is 696. The van der Waals surface area contributed by atoms with Crippen LogP contribution in [0.25, 0.3) is 0 Å². The topological polar surface area (TPSA) is 60.9 Å². The highest BCUT2D eigenvalue weighted by molar-refractivity contribution is 6.30. The summed E-state index contributed by atoms with van der Waals surface area (Å²) in [5, 5.41) is 0.596. The van der Waals surface area contributed by atoms with Gasteiger partial charge in [-0.2, -0.15) is 0 Å². The molecule has 3 amide bonds. The van der Waals surface area contributed by atoms with Crippen LogP contribution in [0.5, 0.6) is 0 Å². The Kier molecular flexibility index (Phi) is 5.51. The molecule has 7 heteroatoms. The van der Waals surface area contributed by atoms with Crippen LogP contribution in [0, 0.1) is 5.92 Å². The Balaban J connectivity index is 1.55. The van der Waals surface area contributed by atoms with Crippen molar-refractivity contribution in [3.63, 3.8) is 0 Å². The van der Waals surface area contributed by atoms with Gasteiger partial charge in [0.25, 0.3) is 5.91 Å². The second-order valence-electron chi connectivity index (χ2n) is 7.17. The van der Waals surface area contributed by atoms with Crippen molar-refractivity contribution in [1.82, 2.24) is 14.7 Å². The lowest BCUT2D eigenvalue weighted by Crippen LogP contribution is -2.52. The highest BCUT2D eigenvalue weighted by Crippen LogP contribution is 2.23. The van der Waals surface area contributed by atoms with Gasteiger partial charge in [-0.3, -0.25) is 14.4 Å². The van der Waals surface area contributed by atoms with E-state index in [2.05, 4.69) is 0 Å². The second-order valence-corrected chi connectivity index (χ2v) is 7.60. The summed E-state index contributed by atoms with van der Waals surface area (Å²) in [5.41, 5.74) is 0.600. The monoisotopic (exact) mass is 377 g/mol. The van der Waals surface area contributed by atoms with Gasteiger partial charge in [-0.15, -0.1) is 0 Å². The van der Waals surface area contributed by atoms with Gasteiger partial charge < -0.3 is 14.7 Å². The molecule has 1 aromatic rings. The van der Waals surface area contributed by atoms with Gasteiger partial charge >= 0.3 is 0 Å². The van der Waals surface area contributed by atoms with Crippen molar-refractivity contribution < 1.29 is 14.4 Å². The molecule has 2 aliphatic rings. The Hall–Kier alpha value is -2.08. The summed E-state index contributed by atoms with van der Waals surface area (Å²) >= 11 is 5.86. The molecule has 0 radical (unpaired) electrons. The van der Waals surface area contributed by atoms with Gasteiger partial charge in [0.2, 0.25) is 11.8 Å². The summed E-state index contributed by atoms with van der Waals surface area (Å²) in [6.45, 7) is 6.44. The number of hydrogen-bond donors (Lipinski definition) is 0. The zero-order valence-corrected chi connectivity index (χ0v) is 15.9. The van der Waals surface area contributed by atoms with Crippen molar-refractivity contribution in [3.8, 4) is 0 Å². The summed E-state index contributed by atoms with van der Waals surface area (Å²) in [6, 6.07) is 6.95. The maximum atomic E-state index is 12.7. The first-order valence-electron chi connectivity index (χ1n) is 9.00. The van der Waals surface area contributed by atoms with Crippen LogP contribution >= 0.6 is 11.6 Å². The molecule has 0 aromatic heterocycles. The average molecular weight is 378 g/mol. The zero-order valence-electron chi connectivity index (χ0n) is 15.2. The van der Waals surface area contributed by atoms with E-state index in [-0.39, 0.29) is 29.7 Å². The molecule has 1 aromatic carbocycles. The molecule has 0 spiro atoms. The van der Waals surface area contributed by atoms with Gasteiger partial charge in [0.05, 0.1) is 5.92 Å². The van der Waals surface area contributed by atoms with Crippen molar-refractivity contribution >= 4 is 29.3 Å². The van der Waals surface area contributed by atoms with E-state index in [1.54, 1.807) is 39.0 Å².